The Bertz CT molecular complexity index is 730. The van der Waals surface area contributed by atoms with Crippen LogP contribution in [-0.2, 0) is 9.53 Å². The fraction of sp³-hybridized carbons (Fsp3) is 0.316. The van der Waals surface area contributed by atoms with Crippen LogP contribution in [-0.4, -0.2) is 22.7 Å². The summed E-state index contributed by atoms with van der Waals surface area (Å²) in [6, 6.07) is 17.1. The lowest BCUT2D eigenvalue weighted by Gasteiger charge is -2.25. The molecule has 0 aliphatic carbocycles. The molecule has 24 heavy (non-hydrogen) atoms. The van der Waals surface area contributed by atoms with E-state index in [-0.39, 0.29) is 5.78 Å². The lowest BCUT2D eigenvalue weighted by atomic mass is 9.99. The van der Waals surface area contributed by atoms with Crippen LogP contribution in [0.25, 0.3) is 0 Å². The lowest BCUT2D eigenvalue weighted by molar-refractivity contribution is -0.129. The number of hydrogen-bond acceptors (Lipinski definition) is 4. The van der Waals surface area contributed by atoms with E-state index in [9.17, 15) is 4.79 Å². The van der Waals surface area contributed by atoms with Crippen LogP contribution in [0, 0.1) is 0 Å². The predicted octanol–water partition coefficient (Wildman–Crippen LogP) is 4.84. The summed E-state index contributed by atoms with van der Waals surface area (Å²) < 4.78 is 10.1. The number of ketones is 1. The molecule has 0 N–H and O–H groups in total. The highest BCUT2D eigenvalue weighted by Gasteiger charge is 2.60. The van der Waals surface area contributed by atoms with Gasteiger partial charge in [-0.3, -0.25) is 4.79 Å². The summed E-state index contributed by atoms with van der Waals surface area (Å²) >= 11 is 8.21. The van der Waals surface area contributed by atoms with Crippen LogP contribution in [0.3, 0.4) is 0 Å². The van der Waals surface area contributed by atoms with E-state index in [0.717, 1.165) is 16.2 Å². The van der Waals surface area contributed by atoms with Crippen LogP contribution in [0.4, 0.5) is 0 Å². The van der Waals surface area contributed by atoms with E-state index in [4.69, 9.17) is 21.1 Å². The van der Waals surface area contributed by atoms with Crippen molar-refractivity contribution in [3.63, 3.8) is 0 Å². The summed E-state index contributed by atoms with van der Waals surface area (Å²) in [7, 11) is 1.62. The quantitative estimate of drug-likeness (QED) is 0.729. The number of carbonyl (C=O) groups is 1. The van der Waals surface area contributed by atoms with Crippen LogP contribution in [0.2, 0.25) is 0 Å². The largest absolute Gasteiger partial charge is 0.497 e. The highest BCUT2D eigenvalue weighted by atomic mass is 35.5. The molecule has 0 unspecified atom stereocenters. The Morgan fingerprint density at radius 1 is 1.08 bits per heavy atom. The summed E-state index contributed by atoms with van der Waals surface area (Å²) in [6.07, 6.45) is -0.544. The molecule has 3 nitrogen and oxygen atoms in total. The van der Waals surface area contributed by atoms with E-state index >= 15 is 0 Å². The molecule has 2 aromatic carbocycles. The van der Waals surface area contributed by atoms with E-state index in [2.05, 4.69) is 0 Å². The SMILES string of the molecule is COc1ccc([C@@H]2OC(C)(C)C(=O)[C@]2(Cl)Sc2ccccc2)cc1. The van der Waals surface area contributed by atoms with Crippen molar-refractivity contribution in [1.29, 1.82) is 0 Å². The predicted molar refractivity (Wildman–Crippen MR) is 96.8 cm³/mol. The maximum atomic E-state index is 13.0. The molecule has 0 aromatic heterocycles. The van der Waals surface area contributed by atoms with Crippen LogP contribution >= 0.6 is 23.4 Å². The molecule has 0 radical (unpaired) electrons. The van der Waals surface area contributed by atoms with E-state index in [1.165, 1.54) is 11.8 Å². The Morgan fingerprint density at radius 2 is 1.71 bits per heavy atom. The maximum absolute atomic E-state index is 13.0. The molecular weight excluding hydrogens is 344 g/mol. The van der Waals surface area contributed by atoms with Gasteiger partial charge in [-0.25, -0.2) is 0 Å². The van der Waals surface area contributed by atoms with Gasteiger partial charge >= 0.3 is 0 Å². The lowest BCUT2D eigenvalue weighted by Crippen LogP contribution is -2.36. The number of benzene rings is 2. The first-order valence-corrected chi connectivity index (χ1v) is 8.86. The Morgan fingerprint density at radius 3 is 2.29 bits per heavy atom. The van der Waals surface area contributed by atoms with Gasteiger partial charge in [-0.1, -0.05) is 53.7 Å². The van der Waals surface area contributed by atoms with E-state index in [1.807, 2.05) is 54.6 Å². The molecule has 126 valence electrons. The monoisotopic (exact) mass is 362 g/mol. The average molecular weight is 363 g/mol. The number of thioether (sulfide) groups is 1. The molecule has 1 aliphatic rings. The van der Waals surface area contributed by atoms with Crippen LogP contribution in [0.1, 0.15) is 25.5 Å². The number of carbonyl (C=O) groups excluding carboxylic acids is 1. The highest BCUT2D eigenvalue weighted by molar-refractivity contribution is 8.02. The first-order valence-electron chi connectivity index (χ1n) is 7.66. The maximum Gasteiger partial charge on any atom is 0.198 e. The van der Waals surface area contributed by atoms with Gasteiger partial charge in [0, 0.05) is 4.90 Å². The Labute approximate surface area is 151 Å². The second-order valence-electron chi connectivity index (χ2n) is 6.17. The van der Waals surface area contributed by atoms with Crippen LogP contribution in [0.5, 0.6) is 5.75 Å². The van der Waals surface area contributed by atoms with Crippen molar-refractivity contribution in [3.8, 4) is 5.75 Å². The van der Waals surface area contributed by atoms with Gasteiger partial charge in [0.05, 0.1) is 7.11 Å². The van der Waals surface area contributed by atoms with E-state index in [0.29, 0.717) is 0 Å². The molecule has 1 fully saturated rings. The Balaban J connectivity index is 1.99. The van der Waals surface area contributed by atoms with Crippen LogP contribution in [0.15, 0.2) is 59.5 Å². The van der Waals surface area contributed by atoms with Gasteiger partial charge in [0.2, 0.25) is 0 Å². The molecule has 0 bridgehead atoms. The Kier molecular flexibility index (Phi) is 4.65. The average Bonchev–Trinajstić information content (AvgIpc) is 2.76. The molecule has 3 rings (SSSR count). The molecule has 1 heterocycles. The molecule has 5 heteroatoms. The van der Waals surface area contributed by atoms with Gasteiger partial charge in [0.25, 0.3) is 0 Å². The zero-order valence-electron chi connectivity index (χ0n) is 13.8. The van der Waals surface area contributed by atoms with E-state index in [1.54, 1.807) is 21.0 Å². The first-order chi connectivity index (χ1) is 11.4. The smallest absolute Gasteiger partial charge is 0.198 e. The van der Waals surface area contributed by atoms with Crippen molar-refractivity contribution in [2.75, 3.05) is 7.11 Å². The summed E-state index contributed by atoms with van der Waals surface area (Å²) in [6.45, 7) is 3.53. The minimum absolute atomic E-state index is 0.119. The standard InChI is InChI=1S/C19H19ClO3S/c1-18(2)17(21)19(20,24-15-7-5-4-6-8-15)16(23-18)13-9-11-14(22-3)12-10-13/h4-12,16H,1-3H3/t16-,19+/m0/s1. The molecule has 0 saturated carbocycles. The van der Waals surface area contributed by atoms with Crippen molar-refractivity contribution in [2.45, 2.75) is 34.7 Å². The third-order valence-corrected chi connectivity index (χ3v) is 5.84. The Hall–Kier alpha value is -1.49. The van der Waals surface area contributed by atoms with Crippen molar-refractivity contribution in [1.82, 2.24) is 0 Å². The van der Waals surface area contributed by atoms with Gasteiger partial charge in [0.15, 0.2) is 9.99 Å². The number of methoxy groups -OCH3 is 1. The highest BCUT2D eigenvalue weighted by Crippen LogP contribution is 2.56. The van der Waals surface area contributed by atoms with Crippen molar-refractivity contribution in [3.05, 3.63) is 60.2 Å². The molecule has 1 aliphatic heterocycles. The zero-order valence-corrected chi connectivity index (χ0v) is 15.4. The van der Waals surface area contributed by atoms with Gasteiger partial charge < -0.3 is 9.47 Å². The summed E-state index contributed by atoms with van der Waals surface area (Å²) in [5.74, 6) is 0.629. The molecule has 0 spiro atoms. The number of hydrogen-bond donors (Lipinski definition) is 0. The number of rotatable bonds is 4. The zero-order chi connectivity index (χ0) is 17.4. The van der Waals surface area contributed by atoms with E-state index < -0.39 is 15.9 Å². The molecular formula is C19H19ClO3S. The molecule has 2 aromatic rings. The first kappa shape index (κ1) is 17.3. The summed E-state index contributed by atoms with van der Waals surface area (Å²) in [4.78, 5) is 13.9. The fourth-order valence-corrected chi connectivity index (χ4v) is 4.71. The topological polar surface area (TPSA) is 35.5 Å². The third kappa shape index (κ3) is 3.06. The normalized spacial score (nSPS) is 25.7. The number of alkyl halides is 1. The second kappa shape index (κ2) is 6.43. The number of ether oxygens (including phenoxy) is 2. The van der Waals surface area contributed by atoms with Crippen LogP contribution < -0.4 is 4.74 Å². The molecule has 1 saturated heterocycles. The minimum Gasteiger partial charge on any atom is -0.497 e. The van der Waals surface area contributed by atoms with Gasteiger partial charge in [0.1, 0.15) is 17.5 Å². The van der Waals surface area contributed by atoms with Crippen molar-refractivity contribution >= 4 is 29.1 Å². The minimum atomic E-state index is -1.21. The van der Waals surface area contributed by atoms with Crippen molar-refractivity contribution in [2.24, 2.45) is 0 Å². The van der Waals surface area contributed by atoms with Gasteiger partial charge in [-0.2, -0.15) is 0 Å². The third-order valence-electron chi connectivity index (χ3n) is 4.03. The van der Waals surface area contributed by atoms with Gasteiger partial charge in [-0.15, -0.1) is 0 Å². The number of Topliss-reactive ketones (excluding diaryl/α,β-unsaturated/α-hetero) is 1. The fourth-order valence-electron chi connectivity index (χ4n) is 2.77. The summed E-state index contributed by atoms with van der Waals surface area (Å²) in [5, 5.41) is 0. The number of halogens is 1. The molecule has 0 amide bonds. The molecule has 2 atom stereocenters. The van der Waals surface area contributed by atoms with Crippen molar-refractivity contribution < 1.29 is 14.3 Å². The second-order valence-corrected chi connectivity index (χ2v) is 8.31. The summed E-state index contributed by atoms with van der Waals surface area (Å²) in [5.41, 5.74) is -0.0816. The van der Waals surface area contributed by atoms with Gasteiger partial charge in [-0.05, 0) is 43.7 Å².